The minimum atomic E-state index is 0.240. The molecule has 0 aliphatic rings. The van der Waals surface area contributed by atoms with E-state index in [4.69, 9.17) is 0 Å². The molecule has 0 fully saturated rings. The van der Waals surface area contributed by atoms with E-state index in [1.165, 1.54) is 16.0 Å². The van der Waals surface area contributed by atoms with Crippen molar-refractivity contribution < 1.29 is 0 Å². The van der Waals surface area contributed by atoms with Crippen LogP contribution >= 0.6 is 0 Å². The van der Waals surface area contributed by atoms with Crippen molar-refractivity contribution >= 4 is 12.2 Å². The summed E-state index contributed by atoms with van der Waals surface area (Å²) in [6.07, 6.45) is 4.33. The van der Waals surface area contributed by atoms with Gasteiger partial charge in [-0.3, -0.25) is 0 Å². The van der Waals surface area contributed by atoms with Crippen LogP contribution in [0.15, 0.2) is 18.2 Å². The molecular formula is C14H20. The highest BCUT2D eigenvalue weighted by Crippen LogP contribution is 2.19. The third kappa shape index (κ3) is 2.25. The number of hydrogen-bond donors (Lipinski definition) is 0. The molecule has 0 saturated heterocycles. The van der Waals surface area contributed by atoms with Crippen molar-refractivity contribution in [3.8, 4) is 0 Å². The van der Waals surface area contributed by atoms with Gasteiger partial charge in [-0.25, -0.2) is 0 Å². The molecule has 0 N–H and O–H groups in total. The molecule has 0 aliphatic heterocycles. The van der Waals surface area contributed by atoms with E-state index in [1.807, 2.05) is 0 Å². The minimum Gasteiger partial charge on any atom is -0.0798 e. The zero-order valence-electron chi connectivity index (χ0n) is 9.89. The lowest BCUT2D eigenvalue weighted by molar-refractivity contribution is 0.589. The molecule has 76 valence electrons. The molecule has 0 radical (unpaired) electrons. The van der Waals surface area contributed by atoms with Crippen LogP contribution in [0, 0.1) is 0 Å². The second-order valence-electron chi connectivity index (χ2n) is 4.67. The van der Waals surface area contributed by atoms with E-state index < -0.39 is 0 Å². The maximum absolute atomic E-state index is 2.29. The molecule has 0 heterocycles. The summed E-state index contributed by atoms with van der Waals surface area (Å²) in [6, 6.07) is 6.72. The Kier molecular flexibility index (Phi) is 3.15. The molecule has 0 saturated carbocycles. The summed E-state index contributed by atoms with van der Waals surface area (Å²) < 4.78 is 0. The molecule has 0 unspecified atom stereocenters. The average Bonchev–Trinajstić information content (AvgIpc) is 2.15. The van der Waals surface area contributed by atoms with Gasteiger partial charge in [-0.15, -0.1) is 0 Å². The zero-order valence-corrected chi connectivity index (χ0v) is 9.89. The lowest BCUT2D eigenvalue weighted by Gasteiger charge is -2.18. The lowest BCUT2D eigenvalue weighted by atomic mass is 9.86. The van der Waals surface area contributed by atoms with Crippen LogP contribution in [0.25, 0.3) is 12.2 Å². The van der Waals surface area contributed by atoms with Gasteiger partial charge in [0.15, 0.2) is 0 Å². The van der Waals surface area contributed by atoms with Crippen LogP contribution in [0.3, 0.4) is 0 Å². The van der Waals surface area contributed by atoms with Crippen molar-refractivity contribution in [2.75, 3.05) is 0 Å². The van der Waals surface area contributed by atoms with Gasteiger partial charge in [0.2, 0.25) is 0 Å². The Hall–Kier alpha value is -1.04. The van der Waals surface area contributed by atoms with Crippen LogP contribution < -0.4 is 10.4 Å². The second kappa shape index (κ2) is 4.00. The molecule has 14 heavy (non-hydrogen) atoms. The van der Waals surface area contributed by atoms with Crippen LogP contribution in [-0.2, 0) is 5.41 Å². The number of rotatable bonds is 0. The summed E-state index contributed by atoms with van der Waals surface area (Å²) in [6.45, 7) is 10.9. The van der Waals surface area contributed by atoms with Gasteiger partial charge in [0.1, 0.15) is 0 Å². The standard InChI is InChI=1S/C14H20/c1-6-11-8-9-13(14(3,4)5)10-12(11)7-2/h6-10H,1-5H3/b11-6-,12-7-. The van der Waals surface area contributed by atoms with Crippen molar-refractivity contribution in [2.24, 2.45) is 0 Å². The smallest absolute Gasteiger partial charge is 0.0132 e. The SMILES string of the molecule is C/C=c1/ccc(C(C)(C)C)c/c1=C/C. The largest absolute Gasteiger partial charge is 0.0798 e. The van der Waals surface area contributed by atoms with Gasteiger partial charge in [0.05, 0.1) is 0 Å². The van der Waals surface area contributed by atoms with Gasteiger partial charge in [-0.2, -0.15) is 0 Å². The first kappa shape index (κ1) is 11.0. The molecule has 1 rings (SSSR count). The van der Waals surface area contributed by atoms with Crippen molar-refractivity contribution in [3.63, 3.8) is 0 Å². The average molecular weight is 188 g/mol. The molecule has 0 spiro atoms. The second-order valence-corrected chi connectivity index (χ2v) is 4.67. The van der Waals surface area contributed by atoms with Crippen molar-refractivity contribution in [1.82, 2.24) is 0 Å². The molecule has 0 amide bonds. The summed E-state index contributed by atoms with van der Waals surface area (Å²) in [4.78, 5) is 0. The molecule has 0 heteroatoms. The van der Waals surface area contributed by atoms with Crippen LogP contribution in [0.5, 0.6) is 0 Å². The van der Waals surface area contributed by atoms with Gasteiger partial charge in [-0.1, -0.05) is 51.1 Å². The molecule has 0 aromatic heterocycles. The Morgan fingerprint density at radius 3 is 1.93 bits per heavy atom. The van der Waals surface area contributed by atoms with E-state index in [2.05, 4.69) is 65.0 Å². The number of benzene rings is 1. The number of hydrogen-bond acceptors (Lipinski definition) is 0. The van der Waals surface area contributed by atoms with Crippen LogP contribution in [-0.4, -0.2) is 0 Å². The third-order valence-electron chi connectivity index (χ3n) is 2.57. The highest BCUT2D eigenvalue weighted by molar-refractivity contribution is 5.34. The van der Waals surface area contributed by atoms with Gasteiger partial charge in [0.25, 0.3) is 0 Å². The van der Waals surface area contributed by atoms with Crippen molar-refractivity contribution in [2.45, 2.75) is 40.0 Å². The minimum absolute atomic E-state index is 0.240. The van der Waals surface area contributed by atoms with Crippen LogP contribution in [0.1, 0.15) is 40.2 Å². The highest BCUT2D eigenvalue weighted by Gasteiger charge is 2.12. The normalized spacial score (nSPS) is 14.9. The fourth-order valence-electron chi connectivity index (χ4n) is 1.55. The fraction of sp³-hybridized carbons (Fsp3) is 0.429. The van der Waals surface area contributed by atoms with E-state index in [0.29, 0.717) is 0 Å². The summed E-state index contributed by atoms with van der Waals surface area (Å²) in [5.74, 6) is 0. The lowest BCUT2D eigenvalue weighted by Crippen LogP contribution is -2.26. The molecule has 1 aromatic carbocycles. The molecule has 1 aromatic rings. The maximum Gasteiger partial charge on any atom is -0.0132 e. The molecule has 0 nitrogen and oxygen atoms in total. The van der Waals surface area contributed by atoms with Gasteiger partial charge >= 0.3 is 0 Å². The van der Waals surface area contributed by atoms with E-state index in [-0.39, 0.29) is 5.41 Å². The first-order valence-electron chi connectivity index (χ1n) is 5.22. The quantitative estimate of drug-likeness (QED) is 0.587. The van der Waals surface area contributed by atoms with E-state index in [9.17, 15) is 0 Å². The monoisotopic (exact) mass is 188 g/mol. The van der Waals surface area contributed by atoms with E-state index >= 15 is 0 Å². The predicted octanol–water partition coefficient (Wildman–Crippen LogP) is 2.58. The molecule has 0 aliphatic carbocycles. The molecular weight excluding hydrogens is 168 g/mol. The Morgan fingerprint density at radius 1 is 0.929 bits per heavy atom. The van der Waals surface area contributed by atoms with Gasteiger partial charge in [-0.05, 0) is 35.3 Å². The Morgan fingerprint density at radius 2 is 1.50 bits per heavy atom. The third-order valence-corrected chi connectivity index (χ3v) is 2.57. The fourth-order valence-corrected chi connectivity index (χ4v) is 1.55. The zero-order chi connectivity index (χ0) is 10.8. The summed E-state index contributed by atoms with van der Waals surface area (Å²) in [5.41, 5.74) is 1.64. The van der Waals surface area contributed by atoms with E-state index in [0.717, 1.165) is 0 Å². The highest BCUT2D eigenvalue weighted by atomic mass is 14.2. The predicted molar refractivity (Wildman–Crippen MR) is 64.7 cm³/mol. The van der Waals surface area contributed by atoms with Gasteiger partial charge in [0, 0.05) is 0 Å². The van der Waals surface area contributed by atoms with Crippen LogP contribution in [0.2, 0.25) is 0 Å². The summed E-state index contributed by atoms with van der Waals surface area (Å²) >= 11 is 0. The topological polar surface area (TPSA) is 0 Å². The van der Waals surface area contributed by atoms with Crippen molar-refractivity contribution in [3.05, 3.63) is 34.2 Å². The van der Waals surface area contributed by atoms with Crippen LogP contribution in [0.4, 0.5) is 0 Å². The summed E-state index contributed by atoms with van der Waals surface area (Å²) in [5, 5.41) is 2.65. The Bertz CT molecular complexity index is 416. The summed E-state index contributed by atoms with van der Waals surface area (Å²) in [7, 11) is 0. The first-order valence-corrected chi connectivity index (χ1v) is 5.22. The first-order chi connectivity index (χ1) is 6.49. The molecule has 0 atom stereocenters. The Labute approximate surface area is 87.0 Å². The Balaban J connectivity index is 3.45. The van der Waals surface area contributed by atoms with Gasteiger partial charge < -0.3 is 0 Å². The maximum atomic E-state index is 2.29. The van der Waals surface area contributed by atoms with E-state index in [1.54, 1.807) is 0 Å². The van der Waals surface area contributed by atoms with Crippen molar-refractivity contribution in [1.29, 1.82) is 0 Å². The molecule has 0 bridgehead atoms.